The first kappa shape index (κ1) is 25.8. The van der Waals surface area contributed by atoms with E-state index in [-0.39, 0.29) is 23.8 Å². The molecular weight excluding hydrogens is 460 g/mol. The van der Waals surface area contributed by atoms with E-state index in [0.29, 0.717) is 0 Å². The second kappa shape index (κ2) is 12.1. The first-order valence-corrected chi connectivity index (χ1v) is 14.4. The number of piperazine rings is 1. The van der Waals surface area contributed by atoms with Gasteiger partial charge in [0, 0.05) is 57.0 Å². The smallest absolute Gasteiger partial charge is 0.256 e. The Hall–Kier alpha value is -2.86. The van der Waals surface area contributed by atoms with Crippen LogP contribution in [0.1, 0.15) is 73.7 Å². The Morgan fingerprint density at radius 1 is 0.838 bits per heavy atom. The largest absolute Gasteiger partial charge is 0.371 e. The molecule has 6 heteroatoms. The predicted molar refractivity (Wildman–Crippen MR) is 149 cm³/mol. The summed E-state index contributed by atoms with van der Waals surface area (Å²) in [7, 11) is 0. The quantitative estimate of drug-likeness (QED) is 0.598. The Morgan fingerprint density at radius 2 is 1.49 bits per heavy atom. The van der Waals surface area contributed by atoms with Crippen LogP contribution in [0.25, 0.3) is 0 Å². The zero-order valence-electron chi connectivity index (χ0n) is 22.3. The van der Waals surface area contributed by atoms with Crippen molar-refractivity contribution in [1.82, 2.24) is 15.1 Å². The average Bonchev–Trinajstić information content (AvgIpc) is 3.49. The Kier molecular flexibility index (Phi) is 8.45. The molecule has 2 aromatic rings. The normalized spacial score (nSPS) is 20.7. The van der Waals surface area contributed by atoms with Crippen molar-refractivity contribution >= 4 is 17.5 Å². The highest BCUT2D eigenvalue weighted by Gasteiger charge is 2.31. The zero-order valence-corrected chi connectivity index (χ0v) is 22.3. The fourth-order valence-corrected chi connectivity index (χ4v) is 6.48. The second-order valence-corrected chi connectivity index (χ2v) is 10.9. The molecule has 2 aromatic carbocycles. The van der Waals surface area contributed by atoms with E-state index >= 15 is 0 Å². The van der Waals surface area contributed by atoms with Crippen LogP contribution < -0.4 is 10.2 Å². The van der Waals surface area contributed by atoms with E-state index in [9.17, 15) is 9.59 Å². The van der Waals surface area contributed by atoms with Crippen LogP contribution in [-0.2, 0) is 4.79 Å². The summed E-state index contributed by atoms with van der Waals surface area (Å²) in [5.41, 5.74) is 2.93. The molecule has 0 unspecified atom stereocenters. The third kappa shape index (κ3) is 6.01. The standard InChI is InChI=1S/C31H42N4O2/c1-2-27(24-10-4-3-5-11-24)30(36)32-25-16-18-34(19-17-25)29-15-9-8-14-28(29)31(37)35-22-20-33(21-23-35)26-12-6-7-13-26/h3-5,8-11,14-15,25-27H,2,6-7,12-13,16-23H2,1H3,(H,32,36)/t27-/m1/s1. The van der Waals surface area contributed by atoms with Crippen molar-refractivity contribution in [3.05, 3.63) is 65.7 Å². The molecule has 0 aromatic heterocycles. The van der Waals surface area contributed by atoms with E-state index in [4.69, 9.17) is 0 Å². The molecule has 3 aliphatic rings. The number of hydrogen-bond donors (Lipinski definition) is 1. The van der Waals surface area contributed by atoms with Gasteiger partial charge in [0.25, 0.3) is 5.91 Å². The van der Waals surface area contributed by atoms with Crippen LogP contribution in [0.5, 0.6) is 0 Å². The first-order chi connectivity index (χ1) is 18.1. The van der Waals surface area contributed by atoms with Gasteiger partial charge in [-0.25, -0.2) is 0 Å². The Morgan fingerprint density at radius 3 is 2.16 bits per heavy atom. The molecule has 6 nitrogen and oxygen atoms in total. The lowest BCUT2D eigenvalue weighted by molar-refractivity contribution is -0.123. The molecule has 1 atom stereocenters. The number of amides is 2. The Labute approximate surface area is 222 Å². The van der Waals surface area contributed by atoms with Crippen LogP contribution in [0.15, 0.2) is 54.6 Å². The Bertz CT molecular complexity index is 1040. The highest BCUT2D eigenvalue weighted by atomic mass is 16.2. The topological polar surface area (TPSA) is 55.9 Å². The number of para-hydroxylation sites is 1. The highest BCUT2D eigenvalue weighted by molar-refractivity contribution is 6.00. The van der Waals surface area contributed by atoms with Crippen molar-refractivity contribution in [2.24, 2.45) is 0 Å². The van der Waals surface area contributed by atoms with Gasteiger partial charge < -0.3 is 15.1 Å². The molecule has 1 saturated carbocycles. The zero-order chi connectivity index (χ0) is 25.6. The number of anilines is 1. The number of hydrogen-bond acceptors (Lipinski definition) is 4. The molecule has 2 heterocycles. The lowest BCUT2D eigenvalue weighted by Gasteiger charge is -2.39. The number of nitrogens with zero attached hydrogens (tertiary/aromatic N) is 3. The van der Waals surface area contributed by atoms with Gasteiger partial charge >= 0.3 is 0 Å². The van der Waals surface area contributed by atoms with Gasteiger partial charge in [-0.05, 0) is 49.8 Å². The molecule has 1 aliphatic carbocycles. The van der Waals surface area contributed by atoms with Gasteiger partial charge in [0.2, 0.25) is 5.91 Å². The summed E-state index contributed by atoms with van der Waals surface area (Å²) < 4.78 is 0. The van der Waals surface area contributed by atoms with Gasteiger partial charge in [-0.15, -0.1) is 0 Å². The van der Waals surface area contributed by atoms with E-state index in [1.165, 1.54) is 25.7 Å². The van der Waals surface area contributed by atoms with Gasteiger partial charge in [0.15, 0.2) is 0 Å². The molecule has 198 valence electrons. The van der Waals surface area contributed by atoms with Gasteiger partial charge in [-0.3, -0.25) is 14.5 Å². The van der Waals surface area contributed by atoms with E-state index in [1.54, 1.807) is 0 Å². The van der Waals surface area contributed by atoms with Crippen LogP contribution in [0.3, 0.4) is 0 Å². The minimum atomic E-state index is -0.105. The van der Waals surface area contributed by atoms with E-state index < -0.39 is 0 Å². The monoisotopic (exact) mass is 502 g/mol. The molecule has 5 rings (SSSR count). The first-order valence-electron chi connectivity index (χ1n) is 14.4. The van der Waals surface area contributed by atoms with Gasteiger partial charge in [-0.2, -0.15) is 0 Å². The van der Waals surface area contributed by atoms with E-state index in [2.05, 4.69) is 28.1 Å². The summed E-state index contributed by atoms with van der Waals surface area (Å²) in [6, 6.07) is 19.1. The van der Waals surface area contributed by atoms with Crippen LogP contribution in [0.4, 0.5) is 5.69 Å². The molecule has 0 bridgehead atoms. The van der Waals surface area contributed by atoms with Crippen LogP contribution >= 0.6 is 0 Å². The molecule has 0 radical (unpaired) electrons. The molecule has 0 spiro atoms. The third-order valence-electron chi connectivity index (χ3n) is 8.69. The van der Waals surface area contributed by atoms with Crippen molar-refractivity contribution < 1.29 is 9.59 Å². The molecule has 2 saturated heterocycles. The van der Waals surface area contributed by atoms with Gasteiger partial charge in [-0.1, -0.05) is 62.2 Å². The number of carbonyl (C=O) groups excluding carboxylic acids is 2. The molecule has 2 aliphatic heterocycles. The fourth-order valence-electron chi connectivity index (χ4n) is 6.48. The summed E-state index contributed by atoms with van der Waals surface area (Å²) in [6.45, 7) is 7.37. The van der Waals surface area contributed by atoms with Crippen LogP contribution in [0, 0.1) is 0 Å². The molecular formula is C31H42N4O2. The van der Waals surface area contributed by atoms with Crippen molar-refractivity contribution in [3.8, 4) is 0 Å². The third-order valence-corrected chi connectivity index (χ3v) is 8.69. The summed E-state index contributed by atoms with van der Waals surface area (Å²) in [6.07, 6.45) is 7.91. The molecule has 2 amide bonds. The lowest BCUT2D eigenvalue weighted by atomic mass is 9.94. The second-order valence-electron chi connectivity index (χ2n) is 10.9. The van der Waals surface area contributed by atoms with Gasteiger partial charge in [0.05, 0.1) is 11.5 Å². The summed E-state index contributed by atoms with van der Waals surface area (Å²) in [5.74, 6) is 0.178. The molecule has 37 heavy (non-hydrogen) atoms. The van der Waals surface area contributed by atoms with E-state index in [1.807, 2.05) is 53.4 Å². The average molecular weight is 503 g/mol. The summed E-state index contributed by atoms with van der Waals surface area (Å²) >= 11 is 0. The minimum Gasteiger partial charge on any atom is -0.371 e. The molecule has 3 fully saturated rings. The van der Waals surface area contributed by atoms with Crippen molar-refractivity contribution in [1.29, 1.82) is 0 Å². The van der Waals surface area contributed by atoms with Crippen molar-refractivity contribution in [2.45, 2.75) is 69.9 Å². The maximum Gasteiger partial charge on any atom is 0.256 e. The number of carbonyl (C=O) groups is 2. The summed E-state index contributed by atoms with van der Waals surface area (Å²) in [4.78, 5) is 33.6. The number of rotatable bonds is 7. The predicted octanol–water partition coefficient (Wildman–Crippen LogP) is 4.67. The van der Waals surface area contributed by atoms with Crippen molar-refractivity contribution in [2.75, 3.05) is 44.2 Å². The number of benzene rings is 2. The number of piperidine rings is 1. The van der Waals surface area contributed by atoms with Gasteiger partial charge in [0.1, 0.15) is 0 Å². The Balaban J connectivity index is 1.16. The number of nitrogens with one attached hydrogen (secondary N) is 1. The minimum absolute atomic E-state index is 0.105. The van der Waals surface area contributed by atoms with Crippen LogP contribution in [0.2, 0.25) is 0 Å². The van der Waals surface area contributed by atoms with Crippen molar-refractivity contribution in [3.63, 3.8) is 0 Å². The summed E-state index contributed by atoms with van der Waals surface area (Å²) in [5, 5.41) is 3.31. The fraction of sp³-hybridized carbons (Fsp3) is 0.548. The SMILES string of the molecule is CC[C@@H](C(=O)NC1CCN(c2ccccc2C(=O)N2CCN(C3CCCC3)CC2)CC1)c1ccccc1. The maximum atomic E-state index is 13.6. The highest BCUT2D eigenvalue weighted by Crippen LogP contribution is 2.28. The lowest BCUT2D eigenvalue weighted by Crippen LogP contribution is -2.51. The maximum absolute atomic E-state index is 13.6. The molecule has 1 N–H and O–H groups in total. The van der Waals surface area contributed by atoms with E-state index in [0.717, 1.165) is 81.4 Å². The van der Waals surface area contributed by atoms with Crippen LogP contribution in [-0.4, -0.2) is 73.0 Å².